The number of ether oxygens (including phenoxy) is 1. The molecule has 0 atom stereocenters. The van der Waals surface area contributed by atoms with Crippen molar-refractivity contribution in [1.29, 1.82) is 0 Å². The summed E-state index contributed by atoms with van der Waals surface area (Å²) in [5.41, 5.74) is 3.73. The third-order valence-corrected chi connectivity index (χ3v) is 3.62. The van der Waals surface area contributed by atoms with E-state index in [1.807, 2.05) is 6.92 Å². The highest BCUT2D eigenvalue weighted by Crippen LogP contribution is 2.25. The van der Waals surface area contributed by atoms with Crippen LogP contribution in [-0.2, 0) is 9.53 Å². The van der Waals surface area contributed by atoms with Crippen LogP contribution in [0.25, 0.3) is 0 Å². The van der Waals surface area contributed by atoms with Gasteiger partial charge in [-0.3, -0.25) is 4.79 Å². The Morgan fingerprint density at radius 1 is 1.20 bits per heavy atom. The number of hydrogen-bond acceptors (Lipinski definition) is 3. The number of aryl methyl sites for hydroxylation is 2. The van der Waals surface area contributed by atoms with Crippen molar-refractivity contribution >= 4 is 27.6 Å². The van der Waals surface area contributed by atoms with E-state index in [1.54, 1.807) is 0 Å². The van der Waals surface area contributed by atoms with E-state index in [0.717, 1.165) is 30.3 Å². The van der Waals surface area contributed by atoms with Gasteiger partial charge in [-0.05, 0) is 56.9 Å². The predicted molar refractivity (Wildman–Crippen MR) is 87.2 cm³/mol. The van der Waals surface area contributed by atoms with E-state index < -0.39 is 0 Å². The van der Waals surface area contributed by atoms with E-state index in [-0.39, 0.29) is 5.97 Å². The van der Waals surface area contributed by atoms with Crippen LogP contribution in [0.3, 0.4) is 0 Å². The number of carbonyl (C=O) groups excluding carboxylic acids is 1. The summed E-state index contributed by atoms with van der Waals surface area (Å²) in [6, 6.07) is 4.24. The predicted octanol–water partition coefficient (Wildman–Crippen LogP) is 4.60. The molecule has 20 heavy (non-hydrogen) atoms. The van der Waals surface area contributed by atoms with Crippen molar-refractivity contribution < 1.29 is 9.53 Å². The number of hydrogen-bond donors (Lipinski definition) is 1. The standard InChI is InChI=1S/C16H24BrNO2/c1-4-20-15(19)8-6-5-7-9-18-16-12(2)10-14(17)11-13(16)3/h10-11,18H,4-9H2,1-3H3. The number of rotatable bonds is 8. The first kappa shape index (κ1) is 17.0. The van der Waals surface area contributed by atoms with Crippen LogP contribution in [0.2, 0.25) is 0 Å². The summed E-state index contributed by atoms with van der Waals surface area (Å²) in [5.74, 6) is -0.0833. The van der Waals surface area contributed by atoms with Gasteiger partial charge < -0.3 is 10.1 Å². The third-order valence-electron chi connectivity index (χ3n) is 3.16. The number of nitrogens with one attached hydrogen (secondary N) is 1. The van der Waals surface area contributed by atoms with Crippen molar-refractivity contribution in [2.24, 2.45) is 0 Å². The minimum absolute atomic E-state index is 0.0833. The van der Waals surface area contributed by atoms with Gasteiger partial charge in [0.1, 0.15) is 0 Å². The van der Waals surface area contributed by atoms with Crippen LogP contribution in [0.5, 0.6) is 0 Å². The molecule has 0 aliphatic carbocycles. The molecule has 1 N–H and O–H groups in total. The quantitative estimate of drug-likeness (QED) is 0.554. The number of anilines is 1. The van der Waals surface area contributed by atoms with Crippen molar-refractivity contribution in [1.82, 2.24) is 0 Å². The molecule has 0 bridgehead atoms. The molecule has 1 aromatic rings. The molecule has 1 rings (SSSR count). The lowest BCUT2D eigenvalue weighted by Crippen LogP contribution is -2.06. The van der Waals surface area contributed by atoms with E-state index in [4.69, 9.17) is 4.74 Å². The van der Waals surface area contributed by atoms with Crippen LogP contribution < -0.4 is 5.32 Å². The summed E-state index contributed by atoms with van der Waals surface area (Å²) in [4.78, 5) is 11.2. The summed E-state index contributed by atoms with van der Waals surface area (Å²) in [6.07, 6.45) is 3.54. The Balaban J connectivity index is 2.23. The number of esters is 1. The first-order valence-electron chi connectivity index (χ1n) is 7.20. The highest BCUT2D eigenvalue weighted by Gasteiger charge is 2.04. The Bertz CT molecular complexity index is 423. The summed E-state index contributed by atoms with van der Waals surface area (Å²) in [6.45, 7) is 7.47. The second-order valence-corrected chi connectivity index (χ2v) is 5.87. The first-order chi connectivity index (χ1) is 9.54. The van der Waals surface area contributed by atoms with E-state index in [2.05, 4.69) is 47.2 Å². The van der Waals surface area contributed by atoms with Crippen LogP contribution in [0.15, 0.2) is 16.6 Å². The average molecular weight is 342 g/mol. The molecule has 0 aromatic heterocycles. The van der Waals surface area contributed by atoms with Crippen LogP contribution in [0.1, 0.15) is 43.7 Å². The lowest BCUT2D eigenvalue weighted by Gasteiger charge is -2.13. The maximum absolute atomic E-state index is 11.2. The molecule has 1 aromatic carbocycles. The molecule has 0 fully saturated rings. The second-order valence-electron chi connectivity index (χ2n) is 4.96. The van der Waals surface area contributed by atoms with E-state index in [1.165, 1.54) is 16.8 Å². The summed E-state index contributed by atoms with van der Waals surface area (Å²) in [7, 11) is 0. The molecule has 0 aliphatic heterocycles. The lowest BCUT2D eigenvalue weighted by molar-refractivity contribution is -0.143. The molecule has 0 radical (unpaired) electrons. The minimum atomic E-state index is -0.0833. The molecule has 4 heteroatoms. The van der Waals surface area contributed by atoms with Crippen molar-refractivity contribution in [2.75, 3.05) is 18.5 Å². The zero-order valence-corrected chi connectivity index (χ0v) is 14.2. The van der Waals surface area contributed by atoms with Gasteiger partial charge in [0.2, 0.25) is 0 Å². The lowest BCUT2D eigenvalue weighted by atomic mass is 10.1. The van der Waals surface area contributed by atoms with E-state index in [9.17, 15) is 4.79 Å². The molecule has 0 unspecified atom stereocenters. The van der Waals surface area contributed by atoms with Crippen LogP contribution >= 0.6 is 15.9 Å². The Morgan fingerprint density at radius 2 is 1.85 bits per heavy atom. The smallest absolute Gasteiger partial charge is 0.305 e. The van der Waals surface area contributed by atoms with Crippen LogP contribution in [0.4, 0.5) is 5.69 Å². The Labute approximate surface area is 130 Å². The van der Waals surface area contributed by atoms with Crippen molar-refractivity contribution in [3.8, 4) is 0 Å². The average Bonchev–Trinajstić information content (AvgIpc) is 2.36. The molecule has 112 valence electrons. The van der Waals surface area contributed by atoms with Crippen molar-refractivity contribution in [3.63, 3.8) is 0 Å². The zero-order chi connectivity index (χ0) is 15.0. The number of benzene rings is 1. The molecular weight excluding hydrogens is 318 g/mol. The van der Waals surface area contributed by atoms with Gasteiger partial charge in [0, 0.05) is 23.1 Å². The van der Waals surface area contributed by atoms with Gasteiger partial charge >= 0.3 is 5.97 Å². The Morgan fingerprint density at radius 3 is 2.45 bits per heavy atom. The topological polar surface area (TPSA) is 38.3 Å². The highest BCUT2D eigenvalue weighted by molar-refractivity contribution is 9.10. The summed E-state index contributed by atoms with van der Waals surface area (Å²) < 4.78 is 6.02. The van der Waals surface area contributed by atoms with Gasteiger partial charge in [0.05, 0.1) is 6.61 Å². The zero-order valence-electron chi connectivity index (χ0n) is 12.6. The van der Waals surface area contributed by atoms with E-state index in [0.29, 0.717) is 13.0 Å². The maximum atomic E-state index is 11.2. The van der Waals surface area contributed by atoms with Gasteiger partial charge in [-0.1, -0.05) is 22.4 Å². The molecular formula is C16H24BrNO2. The fourth-order valence-corrected chi connectivity index (χ4v) is 2.89. The SMILES string of the molecule is CCOC(=O)CCCCCNc1c(C)cc(Br)cc1C. The Hall–Kier alpha value is -1.03. The normalized spacial score (nSPS) is 10.4. The van der Waals surface area contributed by atoms with Crippen LogP contribution in [0, 0.1) is 13.8 Å². The number of carbonyl (C=O) groups is 1. The minimum Gasteiger partial charge on any atom is -0.466 e. The monoisotopic (exact) mass is 341 g/mol. The molecule has 0 spiro atoms. The largest absolute Gasteiger partial charge is 0.466 e. The van der Waals surface area contributed by atoms with Gasteiger partial charge in [-0.2, -0.15) is 0 Å². The molecule has 0 amide bonds. The molecule has 0 aliphatic rings. The van der Waals surface area contributed by atoms with E-state index >= 15 is 0 Å². The fraction of sp³-hybridized carbons (Fsp3) is 0.562. The second kappa shape index (κ2) is 9.01. The number of halogens is 1. The fourth-order valence-electron chi connectivity index (χ4n) is 2.21. The highest BCUT2D eigenvalue weighted by atomic mass is 79.9. The number of unbranched alkanes of at least 4 members (excludes halogenated alkanes) is 2. The molecule has 0 heterocycles. The van der Waals surface area contributed by atoms with Gasteiger partial charge in [-0.25, -0.2) is 0 Å². The van der Waals surface area contributed by atoms with Gasteiger partial charge in [0.15, 0.2) is 0 Å². The Kier molecular flexibility index (Phi) is 7.67. The summed E-state index contributed by atoms with van der Waals surface area (Å²) >= 11 is 3.50. The molecule has 0 saturated carbocycles. The summed E-state index contributed by atoms with van der Waals surface area (Å²) in [5, 5.41) is 3.48. The van der Waals surface area contributed by atoms with Crippen molar-refractivity contribution in [3.05, 3.63) is 27.7 Å². The molecule has 0 saturated heterocycles. The third kappa shape index (κ3) is 5.95. The maximum Gasteiger partial charge on any atom is 0.305 e. The molecule has 3 nitrogen and oxygen atoms in total. The van der Waals surface area contributed by atoms with Gasteiger partial charge in [0.25, 0.3) is 0 Å². The van der Waals surface area contributed by atoms with Crippen LogP contribution in [-0.4, -0.2) is 19.1 Å². The first-order valence-corrected chi connectivity index (χ1v) is 8.00. The van der Waals surface area contributed by atoms with Gasteiger partial charge in [-0.15, -0.1) is 0 Å². The van der Waals surface area contributed by atoms with Crippen molar-refractivity contribution in [2.45, 2.75) is 46.5 Å².